The summed E-state index contributed by atoms with van der Waals surface area (Å²) in [5.74, 6) is -1.72. The number of rotatable bonds is 12. The number of alkyl halides is 2. The molecule has 316 valence electrons. The average molecular weight is 833 g/mol. The molecule has 0 unspecified atom stereocenters. The third-order valence-electron chi connectivity index (χ3n) is 11.0. The van der Waals surface area contributed by atoms with Crippen LogP contribution in [0.25, 0.3) is 22.3 Å². The SMILES string of the molecule is COc1nc(N)nc2c1ncn2[C@@H]1O[C@@H](CO)[C@@H](c2ccc(COC(=O)OCc3ccc([C@@H]4[C@H](CO)O[C@@H](n5cnc6c(OC)nc(N)nc65)[C@]4(C)F)cc3)cc2)[C@@]1(C)F. The van der Waals surface area contributed by atoms with Crippen molar-refractivity contribution in [3.63, 3.8) is 0 Å². The molecule has 8 rings (SSSR count). The van der Waals surface area contributed by atoms with E-state index in [0.717, 1.165) is 0 Å². The smallest absolute Gasteiger partial charge is 0.479 e. The number of hydrogen-bond donors (Lipinski definition) is 4. The summed E-state index contributed by atoms with van der Waals surface area (Å²) in [6, 6.07) is 13.4. The lowest BCUT2D eigenvalue weighted by Gasteiger charge is -2.28. The number of aliphatic hydroxyl groups is 2. The maximum absolute atomic E-state index is 16.8. The van der Waals surface area contributed by atoms with Gasteiger partial charge in [-0.15, -0.1) is 0 Å². The molecular formula is C39H42F2N10O9. The van der Waals surface area contributed by atoms with Gasteiger partial charge in [-0.3, -0.25) is 9.13 Å². The van der Waals surface area contributed by atoms with Crippen molar-refractivity contribution < 1.29 is 52.2 Å². The fourth-order valence-corrected chi connectivity index (χ4v) is 8.25. The number of nitrogens with two attached hydrogens (primary N) is 2. The molecule has 0 saturated carbocycles. The molecule has 60 heavy (non-hydrogen) atoms. The highest BCUT2D eigenvalue weighted by Crippen LogP contribution is 2.53. The van der Waals surface area contributed by atoms with E-state index in [4.69, 9.17) is 39.9 Å². The number of methoxy groups -OCH3 is 2. The second-order valence-corrected chi connectivity index (χ2v) is 14.8. The van der Waals surface area contributed by atoms with Gasteiger partial charge in [0.15, 0.2) is 46.1 Å². The Bertz CT molecular complexity index is 2350. The Balaban J connectivity index is 0.884. The zero-order valence-electron chi connectivity index (χ0n) is 32.8. The molecule has 6 heterocycles. The van der Waals surface area contributed by atoms with Crippen LogP contribution in [0.3, 0.4) is 0 Å². The van der Waals surface area contributed by atoms with E-state index in [-0.39, 0.29) is 59.2 Å². The maximum atomic E-state index is 16.8. The van der Waals surface area contributed by atoms with Gasteiger partial charge < -0.3 is 50.1 Å². The summed E-state index contributed by atoms with van der Waals surface area (Å²) in [5, 5.41) is 20.4. The van der Waals surface area contributed by atoms with Crippen molar-refractivity contribution in [2.45, 2.75) is 74.9 Å². The van der Waals surface area contributed by atoms with Crippen LogP contribution in [0.2, 0.25) is 0 Å². The Morgan fingerprint density at radius 2 is 1.08 bits per heavy atom. The molecule has 2 aromatic carbocycles. The number of ether oxygens (including phenoxy) is 6. The first-order valence-electron chi connectivity index (χ1n) is 18.7. The number of nitrogen functional groups attached to an aromatic ring is 2. The highest BCUT2D eigenvalue weighted by molar-refractivity contribution is 5.78. The lowest BCUT2D eigenvalue weighted by atomic mass is 9.82. The molecule has 2 aliphatic rings. The number of anilines is 2. The van der Waals surface area contributed by atoms with Gasteiger partial charge in [0.05, 0.1) is 64.1 Å². The third kappa shape index (κ3) is 7.01. The molecule has 2 fully saturated rings. The predicted octanol–water partition coefficient (Wildman–Crippen LogP) is 3.80. The van der Waals surface area contributed by atoms with E-state index in [1.54, 1.807) is 48.5 Å². The van der Waals surface area contributed by atoms with Gasteiger partial charge in [0, 0.05) is 0 Å². The van der Waals surface area contributed by atoms with E-state index in [1.807, 2.05) is 0 Å². The fourth-order valence-electron chi connectivity index (χ4n) is 8.25. The number of benzene rings is 2. The monoisotopic (exact) mass is 832 g/mol. The molecule has 21 heteroatoms. The number of aliphatic hydroxyl groups excluding tert-OH is 2. The molecular weight excluding hydrogens is 790 g/mol. The predicted molar refractivity (Wildman–Crippen MR) is 207 cm³/mol. The molecule has 2 aliphatic heterocycles. The summed E-state index contributed by atoms with van der Waals surface area (Å²) in [7, 11) is 2.81. The van der Waals surface area contributed by atoms with Crippen LogP contribution >= 0.6 is 0 Å². The summed E-state index contributed by atoms with van der Waals surface area (Å²) in [4.78, 5) is 37.6. The molecule has 0 amide bonds. The van der Waals surface area contributed by atoms with E-state index in [9.17, 15) is 15.0 Å². The molecule has 19 nitrogen and oxygen atoms in total. The van der Waals surface area contributed by atoms with Gasteiger partial charge in [-0.1, -0.05) is 48.5 Å². The quantitative estimate of drug-likeness (QED) is 0.128. The van der Waals surface area contributed by atoms with Gasteiger partial charge in [0.2, 0.25) is 23.7 Å². The molecule has 8 atom stereocenters. The zero-order chi connectivity index (χ0) is 42.5. The van der Waals surface area contributed by atoms with Crippen molar-refractivity contribution in [2.24, 2.45) is 0 Å². The molecule has 0 aliphatic carbocycles. The van der Waals surface area contributed by atoms with Crippen molar-refractivity contribution in [2.75, 3.05) is 38.9 Å². The lowest BCUT2D eigenvalue weighted by molar-refractivity contribution is -0.0565. The van der Waals surface area contributed by atoms with Crippen LogP contribution < -0.4 is 20.9 Å². The minimum atomic E-state index is -2.05. The van der Waals surface area contributed by atoms with Crippen LogP contribution in [0.5, 0.6) is 11.8 Å². The number of fused-ring (bicyclic) bond motifs is 2. The molecule has 2 saturated heterocycles. The first kappa shape index (κ1) is 40.5. The van der Waals surface area contributed by atoms with Gasteiger partial charge in [-0.05, 0) is 36.1 Å². The van der Waals surface area contributed by atoms with E-state index in [1.165, 1.54) is 49.9 Å². The summed E-state index contributed by atoms with van der Waals surface area (Å²) in [6.07, 6.45) is -2.49. The number of imidazole rings is 2. The second-order valence-electron chi connectivity index (χ2n) is 14.8. The van der Waals surface area contributed by atoms with E-state index >= 15 is 8.78 Å². The Hall–Kier alpha value is -6.29. The van der Waals surface area contributed by atoms with Crippen LogP contribution in [0, 0.1) is 0 Å². The number of carbonyl (C=O) groups excluding carboxylic acids is 1. The minimum Gasteiger partial charge on any atom is -0.479 e. The van der Waals surface area contributed by atoms with Gasteiger partial charge in [0.1, 0.15) is 13.2 Å². The van der Waals surface area contributed by atoms with E-state index < -0.39 is 67.2 Å². The summed E-state index contributed by atoms with van der Waals surface area (Å²) in [6.45, 7) is 1.55. The van der Waals surface area contributed by atoms with E-state index in [0.29, 0.717) is 22.3 Å². The number of aromatic nitrogens is 8. The minimum absolute atomic E-state index is 0.0906. The van der Waals surface area contributed by atoms with Crippen LogP contribution in [-0.4, -0.2) is 106 Å². The highest BCUT2D eigenvalue weighted by atomic mass is 19.1. The largest absolute Gasteiger partial charge is 0.508 e. The standard InChI is InChI=1S/C39H42F2N10O9/c1-38(40)25(23(13-52)59-33(38)50-17-44-27-29(50)46-35(42)48-31(27)55-3)21-9-5-19(6-10-21)15-57-37(54)58-16-20-7-11-22(12-8-20)26-24(14-53)60-34(39(26,2)41)51-18-45-28-30(51)47-36(43)49-32(28)56-4/h5-12,17-18,23-26,33-34,52-53H,13-16H2,1-4H3,(H2,42,46,48)(H2,43,47,49)/t23-,24-,25+,26+,33+,34+,38+,39+/m0/s1. The van der Waals surface area contributed by atoms with Crippen molar-refractivity contribution >= 4 is 40.4 Å². The fraction of sp³-hybridized carbons (Fsp3) is 0.410. The molecule has 6 N–H and O–H groups in total. The maximum Gasteiger partial charge on any atom is 0.508 e. The van der Waals surface area contributed by atoms with Crippen molar-refractivity contribution in [3.05, 3.63) is 83.4 Å². The van der Waals surface area contributed by atoms with Gasteiger partial charge in [-0.25, -0.2) is 23.5 Å². The topological polar surface area (TPSA) is 252 Å². The first-order chi connectivity index (χ1) is 28.8. The number of carbonyl (C=O) groups is 1. The average Bonchev–Trinajstić information content (AvgIpc) is 3.98. The molecule has 0 spiro atoms. The molecule has 0 bridgehead atoms. The summed E-state index contributed by atoms with van der Waals surface area (Å²) in [5.41, 5.74) is 10.9. The number of nitrogens with zero attached hydrogens (tertiary/aromatic N) is 8. The second kappa shape index (κ2) is 15.7. The van der Waals surface area contributed by atoms with E-state index in [2.05, 4.69) is 29.9 Å². The Morgan fingerprint density at radius 1 is 0.700 bits per heavy atom. The first-order valence-corrected chi connectivity index (χ1v) is 18.7. The molecule has 4 aromatic heterocycles. The van der Waals surface area contributed by atoms with Crippen LogP contribution in [0.1, 0.15) is 60.4 Å². The molecule has 0 radical (unpaired) electrons. The van der Waals surface area contributed by atoms with Crippen LogP contribution in [-0.2, 0) is 32.2 Å². The summed E-state index contributed by atoms with van der Waals surface area (Å²) < 4.78 is 69.7. The number of hydrogen-bond acceptors (Lipinski definition) is 17. The highest BCUT2D eigenvalue weighted by Gasteiger charge is 2.57. The van der Waals surface area contributed by atoms with Gasteiger partial charge in [-0.2, -0.15) is 19.9 Å². The normalized spacial score (nSPS) is 26.5. The Morgan fingerprint density at radius 3 is 1.43 bits per heavy atom. The van der Waals surface area contributed by atoms with Gasteiger partial charge in [0.25, 0.3) is 0 Å². The zero-order valence-corrected chi connectivity index (χ0v) is 32.8. The summed E-state index contributed by atoms with van der Waals surface area (Å²) >= 11 is 0. The molecule has 6 aromatic rings. The number of halogens is 2. The van der Waals surface area contributed by atoms with Crippen LogP contribution in [0.4, 0.5) is 25.5 Å². The van der Waals surface area contributed by atoms with Crippen LogP contribution in [0.15, 0.2) is 61.2 Å². The van der Waals surface area contributed by atoms with Gasteiger partial charge >= 0.3 is 6.16 Å². The van der Waals surface area contributed by atoms with Crippen molar-refractivity contribution in [3.8, 4) is 11.8 Å². The lowest BCUT2D eigenvalue weighted by Crippen LogP contribution is -2.34. The van der Waals surface area contributed by atoms with Crippen molar-refractivity contribution in [1.29, 1.82) is 0 Å². The Labute approximate surface area is 340 Å². The van der Waals surface area contributed by atoms with Crippen molar-refractivity contribution in [1.82, 2.24) is 39.0 Å². The Kier molecular flexibility index (Phi) is 10.6. The third-order valence-corrected chi connectivity index (χ3v) is 11.0.